The minimum atomic E-state index is -1.28. The van der Waals surface area contributed by atoms with Gasteiger partial charge in [-0.15, -0.1) is 0 Å². The summed E-state index contributed by atoms with van der Waals surface area (Å²) in [6.45, 7) is 0.437. The van der Waals surface area contributed by atoms with Gasteiger partial charge in [-0.05, 0) is 37.0 Å². The summed E-state index contributed by atoms with van der Waals surface area (Å²) in [5, 5.41) is 9.30. The molecule has 0 bridgehead atoms. The van der Waals surface area contributed by atoms with E-state index in [-0.39, 0.29) is 0 Å². The molecule has 5 heteroatoms. The van der Waals surface area contributed by atoms with Crippen LogP contribution in [0.5, 0.6) is 0 Å². The molecule has 1 aliphatic carbocycles. The van der Waals surface area contributed by atoms with Crippen molar-refractivity contribution < 1.29 is 19.1 Å². The second-order valence-corrected chi connectivity index (χ2v) is 5.22. The van der Waals surface area contributed by atoms with Crippen molar-refractivity contribution in [3.63, 3.8) is 0 Å². The van der Waals surface area contributed by atoms with Gasteiger partial charge in [0.25, 0.3) is 0 Å². The van der Waals surface area contributed by atoms with E-state index in [0.717, 1.165) is 12.0 Å². The predicted octanol–water partition coefficient (Wildman–Crippen LogP) is 1.97. The zero-order chi connectivity index (χ0) is 13.6. The van der Waals surface area contributed by atoms with E-state index in [1.54, 1.807) is 6.07 Å². The summed E-state index contributed by atoms with van der Waals surface area (Å²) in [4.78, 5) is 25.3. The highest BCUT2D eigenvalue weighted by atomic mass is 19.1. The number of anilines is 1. The zero-order valence-electron chi connectivity index (χ0n) is 10.4. The van der Waals surface area contributed by atoms with Crippen molar-refractivity contribution in [2.24, 2.45) is 5.41 Å². The van der Waals surface area contributed by atoms with Crippen molar-refractivity contribution in [3.05, 3.63) is 29.6 Å². The number of rotatable bonds is 2. The van der Waals surface area contributed by atoms with Gasteiger partial charge in [-0.3, -0.25) is 9.59 Å². The average molecular weight is 263 g/mol. The molecular weight excluding hydrogens is 249 g/mol. The highest BCUT2D eigenvalue weighted by Crippen LogP contribution is 2.45. The normalized spacial score (nSPS) is 19.7. The number of nitrogens with zero attached hydrogens (tertiary/aromatic N) is 1. The van der Waals surface area contributed by atoms with Crippen molar-refractivity contribution in [2.45, 2.75) is 25.7 Å². The van der Waals surface area contributed by atoms with E-state index in [0.29, 0.717) is 31.5 Å². The van der Waals surface area contributed by atoms with Crippen LogP contribution >= 0.6 is 0 Å². The Labute approximate surface area is 109 Å². The van der Waals surface area contributed by atoms with Crippen LogP contribution in [0.1, 0.15) is 24.8 Å². The van der Waals surface area contributed by atoms with Crippen molar-refractivity contribution in [1.82, 2.24) is 0 Å². The molecule has 0 spiro atoms. The largest absolute Gasteiger partial charge is 0.480 e. The van der Waals surface area contributed by atoms with Crippen LogP contribution in [-0.2, 0) is 16.0 Å². The Balaban J connectivity index is 1.95. The number of aliphatic carboxylic acids is 1. The number of carboxylic acid groups (broad SMARTS) is 1. The Morgan fingerprint density at radius 2 is 2.05 bits per heavy atom. The minimum absolute atomic E-state index is 0.377. The second kappa shape index (κ2) is 4.05. The van der Waals surface area contributed by atoms with Gasteiger partial charge in [0.05, 0.1) is 0 Å². The number of amides is 1. The first-order chi connectivity index (χ1) is 9.04. The molecule has 0 saturated heterocycles. The van der Waals surface area contributed by atoms with Crippen molar-refractivity contribution >= 4 is 17.6 Å². The Hall–Kier alpha value is -1.91. The standard InChI is InChI=1S/C14H14FNO3/c15-10-3-2-9-4-7-16(11(9)8-10)12(17)14(13(18)19)5-1-6-14/h2-3,8H,1,4-7H2,(H,18,19). The molecule has 1 aromatic rings. The molecule has 1 saturated carbocycles. The van der Waals surface area contributed by atoms with E-state index < -0.39 is 23.1 Å². The lowest BCUT2D eigenvalue weighted by molar-refractivity contribution is -0.160. The molecular formula is C14H14FNO3. The van der Waals surface area contributed by atoms with Crippen LogP contribution in [-0.4, -0.2) is 23.5 Å². The Kier molecular flexibility index (Phi) is 2.59. The van der Waals surface area contributed by atoms with E-state index in [1.807, 2.05) is 0 Å². The van der Waals surface area contributed by atoms with Gasteiger partial charge in [-0.1, -0.05) is 12.5 Å². The molecule has 1 aromatic carbocycles. The number of carbonyl (C=O) groups is 2. The number of carboxylic acids is 1. The first-order valence-electron chi connectivity index (χ1n) is 6.38. The third-order valence-electron chi connectivity index (χ3n) is 4.21. The smallest absolute Gasteiger partial charge is 0.319 e. The summed E-state index contributed by atoms with van der Waals surface area (Å²) in [7, 11) is 0. The lowest BCUT2D eigenvalue weighted by Crippen LogP contribution is -2.52. The maximum absolute atomic E-state index is 13.3. The molecule has 1 heterocycles. The Morgan fingerprint density at radius 3 is 2.63 bits per heavy atom. The minimum Gasteiger partial charge on any atom is -0.480 e. The van der Waals surface area contributed by atoms with Gasteiger partial charge in [0.15, 0.2) is 0 Å². The van der Waals surface area contributed by atoms with E-state index in [4.69, 9.17) is 0 Å². The van der Waals surface area contributed by atoms with Crippen LogP contribution in [0.4, 0.5) is 10.1 Å². The van der Waals surface area contributed by atoms with Crippen molar-refractivity contribution in [3.8, 4) is 0 Å². The summed E-state index contributed by atoms with van der Waals surface area (Å²) in [5.41, 5.74) is 0.139. The van der Waals surface area contributed by atoms with Crippen LogP contribution in [0, 0.1) is 11.2 Å². The zero-order valence-corrected chi connectivity index (χ0v) is 10.4. The van der Waals surface area contributed by atoms with Gasteiger partial charge < -0.3 is 10.0 Å². The number of benzene rings is 1. The molecule has 19 heavy (non-hydrogen) atoms. The SMILES string of the molecule is O=C(O)C1(C(=O)N2CCc3ccc(F)cc32)CCC1. The molecule has 2 aliphatic rings. The van der Waals surface area contributed by atoms with Gasteiger partial charge in [0, 0.05) is 12.2 Å². The fraction of sp³-hybridized carbons (Fsp3) is 0.429. The molecule has 0 atom stereocenters. The second-order valence-electron chi connectivity index (χ2n) is 5.22. The fourth-order valence-electron chi connectivity index (χ4n) is 2.87. The predicted molar refractivity (Wildman–Crippen MR) is 66.4 cm³/mol. The number of halogens is 1. The summed E-state index contributed by atoms with van der Waals surface area (Å²) in [6, 6.07) is 4.34. The first-order valence-corrected chi connectivity index (χ1v) is 6.38. The molecule has 0 unspecified atom stereocenters. The summed E-state index contributed by atoms with van der Waals surface area (Å²) in [5.74, 6) is -1.86. The Bertz CT molecular complexity index is 566. The van der Waals surface area contributed by atoms with E-state index in [1.165, 1.54) is 17.0 Å². The van der Waals surface area contributed by atoms with Crippen LogP contribution in [0.2, 0.25) is 0 Å². The lowest BCUT2D eigenvalue weighted by Gasteiger charge is -2.38. The van der Waals surface area contributed by atoms with Crippen LogP contribution in [0.15, 0.2) is 18.2 Å². The van der Waals surface area contributed by atoms with Crippen LogP contribution in [0.25, 0.3) is 0 Å². The van der Waals surface area contributed by atoms with E-state index >= 15 is 0 Å². The maximum Gasteiger partial charge on any atom is 0.319 e. The maximum atomic E-state index is 13.3. The number of fused-ring (bicyclic) bond motifs is 1. The summed E-state index contributed by atoms with van der Waals surface area (Å²) in [6.07, 6.45) is 2.16. The third kappa shape index (κ3) is 1.64. The topological polar surface area (TPSA) is 57.6 Å². The number of hydrogen-bond acceptors (Lipinski definition) is 2. The molecule has 0 aromatic heterocycles. The summed E-state index contributed by atoms with van der Waals surface area (Å²) < 4.78 is 13.3. The van der Waals surface area contributed by atoms with Gasteiger partial charge in [-0.2, -0.15) is 0 Å². The molecule has 1 N–H and O–H groups in total. The van der Waals surface area contributed by atoms with Gasteiger partial charge in [0.2, 0.25) is 5.91 Å². The number of hydrogen-bond donors (Lipinski definition) is 1. The number of carbonyl (C=O) groups excluding carboxylic acids is 1. The summed E-state index contributed by atoms with van der Waals surface area (Å²) >= 11 is 0. The molecule has 1 aliphatic heterocycles. The third-order valence-corrected chi connectivity index (χ3v) is 4.21. The fourth-order valence-corrected chi connectivity index (χ4v) is 2.87. The Morgan fingerprint density at radius 1 is 1.32 bits per heavy atom. The highest BCUT2D eigenvalue weighted by Gasteiger charge is 2.53. The van der Waals surface area contributed by atoms with Gasteiger partial charge in [-0.25, -0.2) is 4.39 Å². The van der Waals surface area contributed by atoms with Crippen LogP contribution < -0.4 is 4.90 Å². The lowest BCUT2D eigenvalue weighted by atomic mass is 9.67. The first kappa shape index (κ1) is 12.1. The van der Waals surface area contributed by atoms with E-state index in [2.05, 4.69) is 0 Å². The van der Waals surface area contributed by atoms with Crippen LogP contribution in [0.3, 0.4) is 0 Å². The molecule has 3 rings (SSSR count). The van der Waals surface area contributed by atoms with Gasteiger partial charge in [0.1, 0.15) is 11.2 Å². The molecule has 4 nitrogen and oxygen atoms in total. The van der Waals surface area contributed by atoms with Crippen molar-refractivity contribution in [2.75, 3.05) is 11.4 Å². The monoisotopic (exact) mass is 263 g/mol. The van der Waals surface area contributed by atoms with Gasteiger partial charge >= 0.3 is 5.97 Å². The molecule has 0 radical (unpaired) electrons. The molecule has 100 valence electrons. The average Bonchev–Trinajstić information content (AvgIpc) is 2.69. The molecule has 1 amide bonds. The van der Waals surface area contributed by atoms with E-state index in [9.17, 15) is 19.1 Å². The molecule has 1 fully saturated rings. The quantitative estimate of drug-likeness (QED) is 0.830. The highest BCUT2D eigenvalue weighted by molar-refractivity contribution is 6.11. The van der Waals surface area contributed by atoms with Crippen molar-refractivity contribution in [1.29, 1.82) is 0 Å².